The van der Waals surface area contributed by atoms with Crippen molar-refractivity contribution in [3.05, 3.63) is 71.8 Å². The molecule has 2 N–H and O–H groups in total. The lowest BCUT2D eigenvalue weighted by atomic mass is 9.76. The fourth-order valence-corrected chi connectivity index (χ4v) is 3.70. The SMILES string of the molecule is CC(=O)N[C@H]1CCN(C(=O)NCC(C)(c2ccccc2)c2ccccc2)C1. The number of nitrogens with zero attached hydrogens (tertiary/aromatic N) is 1. The van der Waals surface area contributed by atoms with Gasteiger partial charge in [-0.3, -0.25) is 4.79 Å². The Bertz CT molecular complexity index is 737. The monoisotopic (exact) mass is 365 g/mol. The maximum atomic E-state index is 12.7. The van der Waals surface area contributed by atoms with Gasteiger partial charge >= 0.3 is 6.03 Å². The topological polar surface area (TPSA) is 61.4 Å². The van der Waals surface area contributed by atoms with Crippen molar-refractivity contribution in [3.63, 3.8) is 0 Å². The summed E-state index contributed by atoms with van der Waals surface area (Å²) >= 11 is 0. The first-order chi connectivity index (χ1) is 13.0. The van der Waals surface area contributed by atoms with Gasteiger partial charge in [0.15, 0.2) is 0 Å². The quantitative estimate of drug-likeness (QED) is 0.856. The van der Waals surface area contributed by atoms with E-state index in [-0.39, 0.29) is 23.4 Å². The summed E-state index contributed by atoms with van der Waals surface area (Å²) in [6.07, 6.45) is 0.793. The molecular formula is C22H27N3O2. The van der Waals surface area contributed by atoms with E-state index >= 15 is 0 Å². The van der Waals surface area contributed by atoms with Crippen molar-refractivity contribution >= 4 is 11.9 Å². The van der Waals surface area contributed by atoms with Crippen LogP contribution in [0.5, 0.6) is 0 Å². The summed E-state index contributed by atoms with van der Waals surface area (Å²) in [6, 6.07) is 20.5. The number of urea groups is 1. The van der Waals surface area contributed by atoms with Gasteiger partial charge in [-0.25, -0.2) is 4.79 Å². The van der Waals surface area contributed by atoms with E-state index in [2.05, 4.69) is 41.8 Å². The number of carbonyl (C=O) groups excluding carboxylic acids is 2. The molecule has 1 aliphatic rings. The largest absolute Gasteiger partial charge is 0.352 e. The van der Waals surface area contributed by atoms with Crippen molar-refractivity contribution in [3.8, 4) is 0 Å². The highest BCUT2D eigenvalue weighted by Crippen LogP contribution is 2.31. The van der Waals surface area contributed by atoms with E-state index in [9.17, 15) is 9.59 Å². The highest BCUT2D eigenvalue weighted by molar-refractivity contribution is 5.76. The van der Waals surface area contributed by atoms with Crippen molar-refractivity contribution in [1.82, 2.24) is 15.5 Å². The molecule has 1 atom stereocenters. The zero-order valence-electron chi connectivity index (χ0n) is 15.9. The second-order valence-electron chi connectivity index (χ2n) is 7.36. The standard InChI is InChI=1S/C22H27N3O2/c1-17(26)24-20-13-14-25(15-20)21(27)23-16-22(2,18-9-5-3-6-10-18)19-11-7-4-8-12-19/h3-12,20H,13-16H2,1-2H3,(H,23,27)(H,24,26)/t20-/m0/s1. The van der Waals surface area contributed by atoms with Gasteiger partial charge in [-0.15, -0.1) is 0 Å². The molecule has 2 aromatic carbocycles. The zero-order chi connectivity index (χ0) is 19.3. The van der Waals surface area contributed by atoms with E-state index in [1.165, 1.54) is 6.92 Å². The van der Waals surface area contributed by atoms with Crippen LogP contribution in [-0.4, -0.2) is 42.5 Å². The maximum Gasteiger partial charge on any atom is 0.317 e. The first kappa shape index (κ1) is 19.0. The maximum absolute atomic E-state index is 12.7. The highest BCUT2D eigenvalue weighted by atomic mass is 16.2. The van der Waals surface area contributed by atoms with Crippen LogP contribution in [0.4, 0.5) is 4.79 Å². The van der Waals surface area contributed by atoms with E-state index in [0.717, 1.165) is 17.5 Å². The third kappa shape index (κ3) is 4.48. The minimum atomic E-state index is -0.324. The van der Waals surface area contributed by atoms with Crippen molar-refractivity contribution in [2.45, 2.75) is 31.7 Å². The van der Waals surface area contributed by atoms with Gasteiger partial charge in [0.25, 0.3) is 0 Å². The van der Waals surface area contributed by atoms with Crippen molar-refractivity contribution in [2.75, 3.05) is 19.6 Å². The predicted octanol–water partition coefficient (Wildman–Crippen LogP) is 2.91. The summed E-state index contributed by atoms with van der Waals surface area (Å²) < 4.78 is 0. The van der Waals surface area contributed by atoms with Crippen LogP contribution in [0.25, 0.3) is 0 Å². The molecule has 1 saturated heterocycles. The molecule has 5 nitrogen and oxygen atoms in total. The number of nitrogens with one attached hydrogen (secondary N) is 2. The normalized spacial score (nSPS) is 16.8. The van der Waals surface area contributed by atoms with Gasteiger partial charge in [0.05, 0.1) is 0 Å². The van der Waals surface area contributed by atoms with Crippen LogP contribution in [-0.2, 0) is 10.2 Å². The van der Waals surface area contributed by atoms with E-state index in [4.69, 9.17) is 0 Å². The summed E-state index contributed by atoms with van der Waals surface area (Å²) in [5, 5.41) is 6.00. The Morgan fingerprint density at radius 1 is 1.04 bits per heavy atom. The lowest BCUT2D eigenvalue weighted by Gasteiger charge is -2.32. The minimum absolute atomic E-state index is 0.0443. The molecular weight excluding hydrogens is 338 g/mol. The molecule has 0 spiro atoms. The highest BCUT2D eigenvalue weighted by Gasteiger charge is 2.32. The van der Waals surface area contributed by atoms with E-state index in [1.807, 2.05) is 36.4 Å². The molecule has 0 unspecified atom stereocenters. The van der Waals surface area contributed by atoms with Gasteiger partial charge in [-0.1, -0.05) is 60.7 Å². The van der Waals surface area contributed by atoms with Crippen LogP contribution in [0.3, 0.4) is 0 Å². The van der Waals surface area contributed by atoms with E-state index in [1.54, 1.807) is 4.90 Å². The first-order valence-corrected chi connectivity index (χ1v) is 9.40. The van der Waals surface area contributed by atoms with Crippen LogP contribution >= 0.6 is 0 Å². The molecule has 1 aliphatic heterocycles. The number of hydrogen-bond acceptors (Lipinski definition) is 2. The Hall–Kier alpha value is -2.82. The van der Waals surface area contributed by atoms with Crippen LogP contribution in [0.2, 0.25) is 0 Å². The smallest absolute Gasteiger partial charge is 0.317 e. The molecule has 0 aliphatic carbocycles. The predicted molar refractivity (Wildman–Crippen MR) is 107 cm³/mol. The van der Waals surface area contributed by atoms with Gasteiger partial charge < -0.3 is 15.5 Å². The number of hydrogen-bond donors (Lipinski definition) is 2. The first-order valence-electron chi connectivity index (χ1n) is 9.40. The molecule has 142 valence electrons. The summed E-state index contributed by atoms with van der Waals surface area (Å²) in [5.74, 6) is -0.0528. The second kappa shape index (κ2) is 8.25. The zero-order valence-corrected chi connectivity index (χ0v) is 15.9. The van der Waals surface area contributed by atoms with E-state index < -0.39 is 0 Å². The molecule has 3 rings (SSSR count). The third-order valence-corrected chi connectivity index (χ3v) is 5.30. The number of likely N-dealkylation sites (tertiary alicyclic amines) is 1. The van der Waals surface area contributed by atoms with Crippen LogP contribution < -0.4 is 10.6 Å². The van der Waals surface area contributed by atoms with Gasteiger partial charge in [0.1, 0.15) is 0 Å². The van der Waals surface area contributed by atoms with Crippen LogP contribution in [0, 0.1) is 0 Å². The summed E-state index contributed by atoms with van der Waals surface area (Å²) in [4.78, 5) is 25.7. The summed E-state index contributed by atoms with van der Waals surface area (Å²) in [6.45, 7) is 5.38. The van der Waals surface area contributed by atoms with Crippen molar-refractivity contribution in [2.24, 2.45) is 0 Å². The fraction of sp³-hybridized carbons (Fsp3) is 0.364. The molecule has 2 aromatic rings. The molecule has 0 aromatic heterocycles. The Morgan fingerprint density at radius 2 is 1.59 bits per heavy atom. The lowest BCUT2D eigenvalue weighted by Crippen LogP contribution is -2.46. The van der Waals surface area contributed by atoms with Crippen molar-refractivity contribution < 1.29 is 9.59 Å². The molecule has 5 heteroatoms. The molecule has 0 bridgehead atoms. The second-order valence-corrected chi connectivity index (χ2v) is 7.36. The Balaban J connectivity index is 1.71. The van der Waals surface area contributed by atoms with Crippen molar-refractivity contribution in [1.29, 1.82) is 0 Å². The molecule has 27 heavy (non-hydrogen) atoms. The average Bonchev–Trinajstić information content (AvgIpc) is 3.15. The molecule has 1 fully saturated rings. The Kier molecular flexibility index (Phi) is 5.79. The van der Waals surface area contributed by atoms with Crippen LogP contribution in [0.15, 0.2) is 60.7 Å². The summed E-state index contributed by atoms with van der Waals surface area (Å²) in [5.41, 5.74) is 2.00. The lowest BCUT2D eigenvalue weighted by molar-refractivity contribution is -0.119. The Labute approximate surface area is 160 Å². The average molecular weight is 365 g/mol. The summed E-state index contributed by atoms with van der Waals surface area (Å²) in [7, 11) is 0. The van der Waals surface area contributed by atoms with Crippen LogP contribution in [0.1, 0.15) is 31.4 Å². The Morgan fingerprint density at radius 3 is 2.11 bits per heavy atom. The minimum Gasteiger partial charge on any atom is -0.352 e. The van der Waals surface area contributed by atoms with Gasteiger partial charge in [0.2, 0.25) is 5.91 Å². The molecule has 3 amide bonds. The van der Waals surface area contributed by atoms with Gasteiger partial charge in [0, 0.05) is 38.0 Å². The number of carbonyl (C=O) groups is 2. The van der Waals surface area contributed by atoms with Gasteiger partial charge in [-0.2, -0.15) is 0 Å². The van der Waals surface area contributed by atoms with E-state index in [0.29, 0.717) is 19.6 Å². The number of amides is 3. The molecule has 0 radical (unpaired) electrons. The number of rotatable bonds is 5. The molecule has 0 saturated carbocycles. The number of benzene rings is 2. The molecule has 1 heterocycles. The third-order valence-electron chi connectivity index (χ3n) is 5.30. The van der Waals surface area contributed by atoms with Gasteiger partial charge in [-0.05, 0) is 24.5 Å². The fourth-order valence-electron chi connectivity index (χ4n) is 3.70.